The fourth-order valence-corrected chi connectivity index (χ4v) is 2.67. The monoisotopic (exact) mass is 369 g/mol. The average molecular weight is 370 g/mol. The van der Waals surface area contributed by atoms with Crippen molar-refractivity contribution in [3.8, 4) is 11.5 Å². The van der Waals surface area contributed by atoms with Gasteiger partial charge in [-0.1, -0.05) is 35.3 Å². The molecule has 0 bridgehead atoms. The van der Waals surface area contributed by atoms with Crippen molar-refractivity contribution in [1.82, 2.24) is 4.90 Å². The number of aliphatic hydroxyl groups is 1. The Morgan fingerprint density at radius 3 is 2.71 bits per heavy atom. The number of ether oxygens (including phenoxy) is 2. The van der Waals surface area contributed by atoms with Crippen LogP contribution in [0.5, 0.6) is 11.5 Å². The molecule has 0 amide bonds. The van der Waals surface area contributed by atoms with Crippen molar-refractivity contribution in [2.24, 2.45) is 0 Å². The van der Waals surface area contributed by atoms with Gasteiger partial charge in [0.25, 0.3) is 0 Å². The Hall–Kier alpha value is -1.46. The first-order valence-electron chi connectivity index (χ1n) is 7.55. The highest BCUT2D eigenvalue weighted by atomic mass is 35.5. The van der Waals surface area contributed by atoms with Crippen molar-refractivity contribution < 1.29 is 14.6 Å². The van der Waals surface area contributed by atoms with Gasteiger partial charge in [0.2, 0.25) is 0 Å². The lowest BCUT2D eigenvalue weighted by atomic mass is 10.2. The highest BCUT2D eigenvalue weighted by Gasteiger charge is 2.11. The minimum absolute atomic E-state index is 0.141. The van der Waals surface area contributed by atoms with Crippen LogP contribution in [0.4, 0.5) is 0 Å². The lowest BCUT2D eigenvalue weighted by Crippen LogP contribution is -2.32. The maximum atomic E-state index is 10.2. The third kappa shape index (κ3) is 5.87. The topological polar surface area (TPSA) is 41.9 Å². The van der Waals surface area contributed by atoms with E-state index in [9.17, 15) is 5.11 Å². The summed E-state index contributed by atoms with van der Waals surface area (Å²) in [6.07, 6.45) is -0.643. The number of hydrogen-bond donors (Lipinski definition) is 1. The van der Waals surface area contributed by atoms with E-state index in [-0.39, 0.29) is 6.61 Å². The number of rotatable bonds is 8. The summed E-state index contributed by atoms with van der Waals surface area (Å²) in [4.78, 5) is 2.02. The first kappa shape index (κ1) is 18.9. The van der Waals surface area contributed by atoms with Crippen LogP contribution in [-0.2, 0) is 6.54 Å². The molecule has 0 unspecified atom stereocenters. The summed E-state index contributed by atoms with van der Waals surface area (Å²) in [5.74, 6) is 1.29. The van der Waals surface area contributed by atoms with Crippen molar-refractivity contribution in [2.45, 2.75) is 12.6 Å². The summed E-state index contributed by atoms with van der Waals surface area (Å²) in [5.41, 5.74) is 1.11. The van der Waals surface area contributed by atoms with Crippen molar-refractivity contribution in [3.63, 3.8) is 0 Å². The Morgan fingerprint density at radius 1 is 1.17 bits per heavy atom. The van der Waals surface area contributed by atoms with Crippen LogP contribution in [0.3, 0.4) is 0 Å². The number of nitrogens with zero attached hydrogens (tertiary/aromatic N) is 1. The Balaban J connectivity index is 1.82. The number of benzene rings is 2. The molecule has 0 saturated heterocycles. The molecule has 0 fully saturated rings. The summed E-state index contributed by atoms with van der Waals surface area (Å²) in [6.45, 7) is 1.31. The molecule has 0 radical (unpaired) electrons. The third-order valence-corrected chi connectivity index (χ3v) is 3.98. The van der Waals surface area contributed by atoms with E-state index in [1.54, 1.807) is 25.3 Å². The van der Waals surface area contributed by atoms with E-state index in [0.29, 0.717) is 28.9 Å². The Labute approximate surface area is 152 Å². The number of methoxy groups -OCH3 is 1. The van der Waals surface area contributed by atoms with Crippen LogP contribution in [0.2, 0.25) is 10.0 Å². The molecule has 2 aromatic rings. The minimum atomic E-state index is -0.643. The first-order chi connectivity index (χ1) is 11.5. The molecule has 2 aromatic carbocycles. The van der Waals surface area contributed by atoms with Crippen LogP contribution in [0.1, 0.15) is 5.56 Å². The zero-order valence-electron chi connectivity index (χ0n) is 13.7. The molecule has 0 aliphatic heterocycles. The van der Waals surface area contributed by atoms with E-state index in [0.717, 1.165) is 11.3 Å². The molecular formula is C18H21Cl2NO3. The van der Waals surface area contributed by atoms with E-state index in [1.807, 2.05) is 36.2 Å². The van der Waals surface area contributed by atoms with E-state index in [4.69, 9.17) is 32.7 Å². The minimum Gasteiger partial charge on any atom is -0.497 e. The van der Waals surface area contributed by atoms with Gasteiger partial charge in [-0.25, -0.2) is 0 Å². The second-order valence-electron chi connectivity index (χ2n) is 5.59. The molecule has 24 heavy (non-hydrogen) atoms. The average Bonchev–Trinajstić information content (AvgIpc) is 2.55. The van der Waals surface area contributed by atoms with E-state index >= 15 is 0 Å². The van der Waals surface area contributed by atoms with Gasteiger partial charge in [0.05, 0.1) is 12.1 Å². The maximum absolute atomic E-state index is 10.2. The van der Waals surface area contributed by atoms with Crippen molar-refractivity contribution in [2.75, 3.05) is 27.3 Å². The third-order valence-electron chi connectivity index (χ3n) is 3.43. The van der Waals surface area contributed by atoms with Gasteiger partial charge >= 0.3 is 0 Å². The predicted molar refractivity (Wildman–Crippen MR) is 97.3 cm³/mol. The van der Waals surface area contributed by atoms with Gasteiger partial charge in [-0.15, -0.1) is 0 Å². The van der Waals surface area contributed by atoms with Crippen LogP contribution in [-0.4, -0.2) is 43.4 Å². The van der Waals surface area contributed by atoms with Gasteiger partial charge in [0.1, 0.15) is 24.2 Å². The van der Waals surface area contributed by atoms with Crippen molar-refractivity contribution >= 4 is 23.2 Å². The van der Waals surface area contributed by atoms with Crippen LogP contribution >= 0.6 is 23.2 Å². The molecule has 0 aliphatic rings. The largest absolute Gasteiger partial charge is 0.497 e. The van der Waals surface area contributed by atoms with E-state index in [2.05, 4.69) is 0 Å². The zero-order chi connectivity index (χ0) is 17.5. The highest BCUT2D eigenvalue weighted by molar-refractivity contribution is 6.34. The highest BCUT2D eigenvalue weighted by Crippen LogP contribution is 2.27. The van der Waals surface area contributed by atoms with Gasteiger partial charge in [-0.2, -0.15) is 0 Å². The molecular weight excluding hydrogens is 349 g/mol. The zero-order valence-corrected chi connectivity index (χ0v) is 15.2. The van der Waals surface area contributed by atoms with Gasteiger partial charge in [-0.3, -0.25) is 4.90 Å². The second kappa shape index (κ2) is 9.14. The van der Waals surface area contributed by atoms with Gasteiger partial charge in [0.15, 0.2) is 0 Å². The first-order valence-corrected chi connectivity index (χ1v) is 8.31. The van der Waals surface area contributed by atoms with Crippen LogP contribution in [0.15, 0.2) is 42.5 Å². The van der Waals surface area contributed by atoms with E-state index < -0.39 is 6.10 Å². The summed E-state index contributed by atoms with van der Waals surface area (Å²) in [7, 11) is 3.58. The number of aliphatic hydroxyl groups excluding tert-OH is 1. The van der Waals surface area contributed by atoms with Crippen LogP contribution < -0.4 is 9.47 Å². The van der Waals surface area contributed by atoms with Crippen LogP contribution in [0, 0.1) is 0 Å². The van der Waals surface area contributed by atoms with Crippen molar-refractivity contribution in [3.05, 3.63) is 58.1 Å². The fourth-order valence-electron chi connectivity index (χ4n) is 2.33. The number of halogens is 2. The molecule has 6 heteroatoms. The SMILES string of the molecule is COc1cccc(CN(C)C[C@H](O)COc2cc(Cl)ccc2Cl)c1. The summed E-state index contributed by atoms with van der Waals surface area (Å²) in [5, 5.41) is 11.2. The normalized spacial score (nSPS) is 12.2. The van der Waals surface area contributed by atoms with E-state index in [1.165, 1.54) is 0 Å². The molecule has 1 atom stereocenters. The number of likely N-dealkylation sites (N-methyl/N-ethyl adjacent to an activating group) is 1. The predicted octanol–water partition coefficient (Wildman–Crippen LogP) is 3.87. The standard InChI is InChI=1S/C18H21Cl2NO3/c1-21(10-13-4-3-5-16(8-13)23-2)11-15(22)12-24-18-9-14(19)6-7-17(18)20/h3-9,15,22H,10-12H2,1-2H3/t15-/m0/s1. The van der Waals surface area contributed by atoms with Gasteiger partial charge in [0, 0.05) is 24.2 Å². The molecule has 4 nitrogen and oxygen atoms in total. The molecule has 0 aliphatic carbocycles. The fraction of sp³-hybridized carbons (Fsp3) is 0.333. The summed E-state index contributed by atoms with van der Waals surface area (Å²) in [6, 6.07) is 12.8. The molecule has 0 aromatic heterocycles. The summed E-state index contributed by atoms with van der Waals surface area (Å²) >= 11 is 11.9. The van der Waals surface area contributed by atoms with Crippen LogP contribution in [0.25, 0.3) is 0 Å². The van der Waals surface area contributed by atoms with Gasteiger partial charge in [-0.05, 0) is 36.9 Å². The molecule has 2 rings (SSSR count). The smallest absolute Gasteiger partial charge is 0.139 e. The Kier molecular flexibility index (Phi) is 7.18. The molecule has 0 spiro atoms. The molecule has 1 N–H and O–H groups in total. The quantitative estimate of drug-likeness (QED) is 0.766. The maximum Gasteiger partial charge on any atom is 0.139 e. The Morgan fingerprint density at radius 2 is 1.96 bits per heavy atom. The second-order valence-corrected chi connectivity index (χ2v) is 6.43. The molecule has 0 heterocycles. The Bertz CT molecular complexity index is 666. The summed E-state index contributed by atoms with van der Waals surface area (Å²) < 4.78 is 10.8. The molecule has 130 valence electrons. The van der Waals surface area contributed by atoms with Crippen molar-refractivity contribution in [1.29, 1.82) is 0 Å². The lowest BCUT2D eigenvalue weighted by molar-refractivity contribution is 0.0744. The number of hydrogen-bond acceptors (Lipinski definition) is 4. The van der Waals surface area contributed by atoms with Gasteiger partial charge < -0.3 is 14.6 Å². The lowest BCUT2D eigenvalue weighted by Gasteiger charge is -2.21. The molecule has 0 saturated carbocycles.